The number of hydrogen-bond acceptors (Lipinski definition) is 24. The summed E-state index contributed by atoms with van der Waals surface area (Å²) in [5.74, 6) is 0. The molecule has 3 radical (unpaired) electrons. The second-order valence-electron chi connectivity index (χ2n) is 12.4. The molecule has 4 fully saturated rings. The second-order valence-corrected chi connectivity index (χ2v) is 12.4. The van der Waals surface area contributed by atoms with Gasteiger partial charge >= 0.3 is 0 Å². The van der Waals surface area contributed by atoms with E-state index in [0.717, 1.165) is 0 Å². The Morgan fingerprint density at radius 2 is 0.357 bits per heavy atom. The minimum atomic E-state index is -1.20. The molecule has 4 heterocycles. The Hall–Kier alpha value is 1.06. The summed E-state index contributed by atoms with van der Waals surface area (Å²) in [5, 5.41) is 147. The number of aliphatic hydroxyl groups excluding tert-OH is 12. The Balaban J connectivity index is -0.000000314. The normalized spacial score (nSPS) is 40.7. The van der Waals surface area contributed by atoms with Crippen LogP contribution in [0, 0.1) is 0 Å². The van der Waals surface area contributed by atoms with Gasteiger partial charge in [-0.15, -0.1) is 0 Å². The van der Waals surface area contributed by atoms with Crippen LogP contribution >= 0.6 is 0 Å². The van der Waals surface area contributed by atoms with Gasteiger partial charge in [0.05, 0.1) is 49.8 Å². The van der Waals surface area contributed by atoms with E-state index in [4.69, 9.17) is 20.8 Å². The Morgan fingerprint density at radius 1 is 0.268 bits per heavy atom. The van der Waals surface area contributed by atoms with E-state index in [1.807, 2.05) is 0 Å². The third-order valence-electron chi connectivity index (χ3n) is 9.23. The Kier molecular flexibility index (Phi) is 32.6. The molecule has 0 saturated carbocycles. The molecule has 32 heteroatoms. The first kappa shape index (κ1) is 63.7. The van der Waals surface area contributed by atoms with E-state index in [1.54, 1.807) is 0 Å². The van der Waals surface area contributed by atoms with Crippen molar-refractivity contribution in [2.45, 2.75) is 99.4 Å². The minimum absolute atomic E-state index is 0. The molecule has 0 aromatic heterocycles. The molecule has 0 aromatic rings. The fourth-order valence-electron chi connectivity index (χ4n) is 5.26. The standard InChI is InChI=1S/4C6H14N3O4.3Ag.H2O/c4*1-8-4(10)3(7-13)5(11)9(2)6(8)12;;;;/h4*3-6,10-13H,1-2H3;;;;1H2/q4*-1;;;;. The van der Waals surface area contributed by atoms with Crippen molar-refractivity contribution >= 4 is 0 Å². The van der Waals surface area contributed by atoms with Crippen LogP contribution < -0.4 is 0 Å². The maximum atomic E-state index is 9.42. The molecule has 0 spiro atoms. The number of likely N-dealkylation sites (N-methyl/N-ethyl adjacent to an activating group) is 8. The van der Waals surface area contributed by atoms with Gasteiger partial charge in [0.2, 0.25) is 0 Å². The van der Waals surface area contributed by atoms with Crippen LogP contribution in [0.2, 0.25) is 0 Å². The van der Waals surface area contributed by atoms with Crippen LogP contribution in [0.5, 0.6) is 0 Å². The fraction of sp³-hybridized carbons (Fsp3) is 1.00. The van der Waals surface area contributed by atoms with E-state index in [1.165, 1.54) is 95.6 Å². The van der Waals surface area contributed by atoms with Gasteiger partial charge in [-0.25, -0.2) is 39.2 Å². The topological polar surface area (TPSA) is 438 Å². The third kappa shape index (κ3) is 14.6. The van der Waals surface area contributed by atoms with Gasteiger partial charge in [-0.05, 0) is 80.5 Å². The Morgan fingerprint density at radius 3 is 0.429 bits per heavy atom. The van der Waals surface area contributed by atoms with Crippen LogP contribution in [0.4, 0.5) is 0 Å². The van der Waals surface area contributed by atoms with Crippen molar-refractivity contribution < 1.29 is 155 Å². The first-order chi connectivity index (χ1) is 24.0. The van der Waals surface area contributed by atoms with Crippen molar-refractivity contribution in [3.05, 3.63) is 21.9 Å². The average molecular weight is 1110 g/mol. The largest absolute Gasteiger partial charge is 0.528 e. The number of hydroxylamine groups is 4. The number of rotatable bonds is 4. The third-order valence-corrected chi connectivity index (χ3v) is 9.23. The molecule has 4 aliphatic rings. The van der Waals surface area contributed by atoms with Crippen molar-refractivity contribution in [2.75, 3.05) is 56.4 Å². The summed E-state index contributed by atoms with van der Waals surface area (Å²) < 4.78 is 0. The van der Waals surface area contributed by atoms with Crippen LogP contribution in [0.25, 0.3) is 21.9 Å². The first-order valence-corrected chi connectivity index (χ1v) is 15.3. The molecular formula is C24H58Ag3N12O17-4. The number of hydrogen-bond donors (Lipinski definition) is 16. The summed E-state index contributed by atoms with van der Waals surface area (Å²) in [6.45, 7) is 0. The maximum Gasteiger partial charge on any atom is 0.169 e. The molecule has 0 amide bonds. The van der Waals surface area contributed by atoms with Gasteiger partial charge in [0.25, 0.3) is 0 Å². The zero-order valence-electron chi connectivity index (χ0n) is 31.2. The van der Waals surface area contributed by atoms with Crippen molar-refractivity contribution in [3.63, 3.8) is 0 Å². The SMILES string of the molecule is CN1C(O)C([N-]O)C(O)N(C)C1O.CN1C(O)C([N-]O)C(O)N(C)C1O.CN1C(O)C([N-]O)C(O)N(C)C1O.CN1C(O)C([N-]O)C(O)N(C)C1O.O.[Ag].[Ag].[Ag]. The molecule has 0 aromatic carbocycles. The fourth-order valence-corrected chi connectivity index (χ4v) is 5.26. The molecule has 18 N–H and O–H groups in total. The zero-order valence-corrected chi connectivity index (χ0v) is 35.6. The van der Waals surface area contributed by atoms with E-state index in [0.29, 0.717) is 0 Å². The van der Waals surface area contributed by atoms with E-state index in [-0.39, 0.29) is 72.6 Å². The molecule has 353 valence electrons. The average Bonchev–Trinajstić information content (AvgIpc) is 3.13. The molecule has 8 atom stereocenters. The van der Waals surface area contributed by atoms with E-state index >= 15 is 0 Å². The van der Waals surface area contributed by atoms with Gasteiger partial charge in [0.1, 0.15) is 0 Å². The van der Waals surface area contributed by atoms with Crippen molar-refractivity contribution in [2.24, 2.45) is 0 Å². The van der Waals surface area contributed by atoms with Gasteiger partial charge in [-0.2, -0.15) is 0 Å². The van der Waals surface area contributed by atoms with Crippen LogP contribution in [-0.2, 0) is 67.1 Å². The van der Waals surface area contributed by atoms with Crippen LogP contribution in [-0.4, -0.2) is 283 Å². The van der Waals surface area contributed by atoms with Crippen LogP contribution in [0.1, 0.15) is 0 Å². The Labute approximate surface area is 369 Å². The molecular weight excluding hydrogens is 1050 g/mol. The number of aliphatic hydroxyl groups is 12. The smallest absolute Gasteiger partial charge is 0.169 e. The quantitative estimate of drug-likeness (QED) is 0.0918. The summed E-state index contributed by atoms with van der Waals surface area (Å²) >= 11 is 0. The summed E-state index contributed by atoms with van der Waals surface area (Å²) in [6.07, 6.45) is -14.0. The van der Waals surface area contributed by atoms with Gasteiger partial charge in [-0.3, -0.25) is 0 Å². The van der Waals surface area contributed by atoms with Crippen molar-refractivity contribution in [1.82, 2.24) is 39.2 Å². The van der Waals surface area contributed by atoms with Crippen molar-refractivity contribution in [3.8, 4) is 0 Å². The van der Waals surface area contributed by atoms with Crippen molar-refractivity contribution in [1.29, 1.82) is 0 Å². The Bertz CT molecular complexity index is 832. The maximum absolute atomic E-state index is 9.42. The molecule has 29 nitrogen and oxygen atoms in total. The molecule has 0 aliphatic carbocycles. The van der Waals surface area contributed by atoms with Gasteiger partial charge in [0, 0.05) is 67.1 Å². The number of nitrogens with zero attached hydrogens (tertiary/aromatic N) is 12. The monoisotopic (exact) mass is 1110 g/mol. The van der Waals surface area contributed by atoms with Gasteiger partial charge in [-0.1, -0.05) is 0 Å². The molecule has 4 saturated heterocycles. The van der Waals surface area contributed by atoms with E-state index in [9.17, 15) is 61.3 Å². The molecule has 0 bridgehead atoms. The van der Waals surface area contributed by atoms with E-state index in [2.05, 4.69) is 21.9 Å². The van der Waals surface area contributed by atoms with Gasteiger partial charge in [0.15, 0.2) is 25.4 Å². The summed E-state index contributed by atoms with van der Waals surface area (Å²) in [4.78, 5) is 9.42. The summed E-state index contributed by atoms with van der Waals surface area (Å²) in [7, 11) is 11.6. The molecule has 4 rings (SSSR count). The predicted octanol–water partition coefficient (Wildman–Crippen LogP) is -9.20. The first-order valence-electron chi connectivity index (χ1n) is 15.3. The van der Waals surface area contributed by atoms with Crippen LogP contribution in [0.3, 0.4) is 0 Å². The molecule has 56 heavy (non-hydrogen) atoms. The summed E-state index contributed by atoms with van der Waals surface area (Å²) in [5.41, 5.74) is 11.4. The predicted molar refractivity (Wildman–Crippen MR) is 174 cm³/mol. The zero-order chi connectivity index (χ0) is 40.7. The summed E-state index contributed by atoms with van der Waals surface area (Å²) in [6, 6.07) is -4.23. The second kappa shape index (κ2) is 28.6. The van der Waals surface area contributed by atoms with Gasteiger partial charge < -0.3 is 110 Å². The van der Waals surface area contributed by atoms with Crippen LogP contribution in [0.15, 0.2) is 0 Å². The molecule has 8 unspecified atom stereocenters. The molecule has 4 aliphatic heterocycles. The minimum Gasteiger partial charge on any atom is -0.528 e. The van der Waals surface area contributed by atoms with E-state index < -0.39 is 99.4 Å².